The number of rotatable bonds is 8. The van der Waals surface area contributed by atoms with Gasteiger partial charge in [0.2, 0.25) is 0 Å². The van der Waals surface area contributed by atoms with Crippen molar-refractivity contribution in [3.05, 3.63) is 23.3 Å². The molecule has 2 rings (SSSR count). The van der Waals surface area contributed by atoms with E-state index in [1.165, 1.54) is 30.6 Å². The third kappa shape index (κ3) is 4.85. The summed E-state index contributed by atoms with van der Waals surface area (Å²) in [6, 6.07) is 3.72. The van der Waals surface area contributed by atoms with Crippen molar-refractivity contribution in [1.82, 2.24) is 4.98 Å². The highest BCUT2D eigenvalue weighted by Gasteiger charge is 2.09. The first kappa shape index (κ1) is 16.5. The molecule has 0 amide bonds. The lowest BCUT2D eigenvalue weighted by Gasteiger charge is -2.01. The van der Waals surface area contributed by atoms with Gasteiger partial charge in [0.25, 0.3) is 0 Å². The van der Waals surface area contributed by atoms with Crippen LogP contribution in [0.3, 0.4) is 0 Å². The van der Waals surface area contributed by atoms with Gasteiger partial charge in [-0.25, -0.2) is 4.98 Å². The maximum Gasteiger partial charge on any atom is 0.194 e. The highest BCUT2D eigenvalue weighted by Crippen LogP contribution is 2.26. The molecule has 0 saturated carbocycles. The Balaban J connectivity index is 1.87. The number of aromatic nitrogens is 1. The standard InChI is InChI=1S/C15H23N5OS/c1-2-3-4-5-8-18-14(17)20-15-19-12(10-22-15)13-7-6-11(9-16)21-13/h6-7,10H,2-5,8-9,16H2,1H3,(H3,17,18,19,20). The Morgan fingerprint density at radius 1 is 1.36 bits per heavy atom. The first-order chi connectivity index (χ1) is 10.7. The molecule has 0 aliphatic carbocycles. The molecule has 0 spiro atoms. The summed E-state index contributed by atoms with van der Waals surface area (Å²) in [5.41, 5.74) is 12.2. The Bertz CT molecular complexity index is 605. The normalized spacial score (nSPS) is 11.8. The summed E-state index contributed by atoms with van der Waals surface area (Å²) < 4.78 is 5.57. The van der Waals surface area contributed by atoms with Crippen molar-refractivity contribution in [2.75, 3.05) is 11.9 Å². The third-order valence-electron chi connectivity index (χ3n) is 3.15. The van der Waals surface area contributed by atoms with Crippen LogP contribution in [-0.2, 0) is 6.54 Å². The Labute approximate surface area is 134 Å². The van der Waals surface area contributed by atoms with Gasteiger partial charge < -0.3 is 21.2 Å². The van der Waals surface area contributed by atoms with E-state index in [0.717, 1.165) is 24.4 Å². The van der Waals surface area contributed by atoms with Gasteiger partial charge in [-0.1, -0.05) is 26.2 Å². The number of nitrogens with zero attached hydrogens (tertiary/aromatic N) is 2. The average Bonchev–Trinajstić information content (AvgIpc) is 3.15. The SMILES string of the molecule is CCCCCCN=C(N)Nc1nc(-c2ccc(CN)o2)cs1. The van der Waals surface area contributed by atoms with Crippen molar-refractivity contribution in [2.45, 2.75) is 39.2 Å². The molecule has 2 aromatic heterocycles. The van der Waals surface area contributed by atoms with Gasteiger partial charge in [-0.2, -0.15) is 0 Å². The Morgan fingerprint density at radius 3 is 2.95 bits per heavy atom. The van der Waals surface area contributed by atoms with E-state index in [9.17, 15) is 0 Å². The predicted octanol–water partition coefficient (Wildman–Crippen LogP) is 3.17. The van der Waals surface area contributed by atoms with Crippen LogP contribution < -0.4 is 16.8 Å². The topological polar surface area (TPSA) is 102 Å². The molecule has 0 aromatic carbocycles. The van der Waals surface area contributed by atoms with Crippen molar-refractivity contribution in [1.29, 1.82) is 0 Å². The molecule has 6 nitrogen and oxygen atoms in total. The molecule has 0 bridgehead atoms. The molecule has 22 heavy (non-hydrogen) atoms. The van der Waals surface area contributed by atoms with Crippen molar-refractivity contribution in [2.24, 2.45) is 16.5 Å². The predicted molar refractivity (Wildman–Crippen MR) is 92.0 cm³/mol. The first-order valence-electron chi connectivity index (χ1n) is 7.54. The van der Waals surface area contributed by atoms with Crippen molar-refractivity contribution in [3.63, 3.8) is 0 Å². The van der Waals surface area contributed by atoms with Crippen molar-refractivity contribution >= 4 is 22.4 Å². The molecule has 5 N–H and O–H groups in total. The van der Waals surface area contributed by atoms with E-state index in [-0.39, 0.29) is 0 Å². The van der Waals surface area contributed by atoms with E-state index in [1.807, 2.05) is 17.5 Å². The number of guanidine groups is 1. The average molecular weight is 321 g/mol. The highest BCUT2D eigenvalue weighted by atomic mass is 32.1. The fraction of sp³-hybridized carbons (Fsp3) is 0.467. The maximum atomic E-state index is 5.86. The lowest BCUT2D eigenvalue weighted by molar-refractivity contribution is 0.524. The molecule has 2 heterocycles. The largest absolute Gasteiger partial charge is 0.458 e. The maximum absolute atomic E-state index is 5.86. The van der Waals surface area contributed by atoms with E-state index in [0.29, 0.717) is 23.4 Å². The van der Waals surface area contributed by atoms with Crippen LogP contribution in [0.2, 0.25) is 0 Å². The van der Waals surface area contributed by atoms with E-state index < -0.39 is 0 Å². The number of anilines is 1. The number of hydrogen-bond donors (Lipinski definition) is 3. The van der Waals surface area contributed by atoms with E-state index >= 15 is 0 Å². The smallest absolute Gasteiger partial charge is 0.194 e. The molecule has 0 saturated heterocycles. The molecule has 120 valence electrons. The van der Waals surface area contributed by atoms with Crippen LogP contribution in [0, 0.1) is 0 Å². The van der Waals surface area contributed by atoms with Gasteiger partial charge in [0.1, 0.15) is 11.5 Å². The van der Waals surface area contributed by atoms with Gasteiger partial charge in [-0.3, -0.25) is 4.99 Å². The second-order valence-electron chi connectivity index (χ2n) is 4.96. The Morgan fingerprint density at radius 2 is 2.23 bits per heavy atom. The van der Waals surface area contributed by atoms with Gasteiger partial charge in [-0.05, 0) is 18.6 Å². The van der Waals surface area contributed by atoms with Gasteiger partial charge in [0.05, 0.1) is 6.54 Å². The summed E-state index contributed by atoms with van der Waals surface area (Å²) >= 11 is 1.46. The third-order valence-corrected chi connectivity index (χ3v) is 3.91. The second-order valence-corrected chi connectivity index (χ2v) is 5.82. The Kier molecular flexibility index (Phi) is 6.42. The monoisotopic (exact) mass is 321 g/mol. The zero-order chi connectivity index (χ0) is 15.8. The summed E-state index contributed by atoms with van der Waals surface area (Å²) in [5.74, 6) is 1.85. The lowest BCUT2D eigenvalue weighted by Crippen LogP contribution is -2.22. The van der Waals surface area contributed by atoms with Crippen LogP contribution in [-0.4, -0.2) is 17.5 Å². The van der Waals surface area contributed by atoms with E-state index in [2.05, 4.69) is 22.2 Å². The molecular formula is C15H23N5OS. The number of hydrogen-bond acceptors (Lipinski definition) is 5. The van der Waals surface area contributed by atoms with Crippen LogP contribution in [0.15, 0.2) is 26.9 Å². The molecule has 7 heteroatoms. The molecule has 2 aromatic rings. The van der Waals surface area contributed by atoms with Crippen molar-refractivity contribution < 1.29 is 4.42 Å². The van der Waals surface area contributed by atoms with Gasteiger partial charge in [-0.15, -0.1) is 11.3 Å². The van der Waals surface area contributed by atoms with Gasteiger partial charge in [0, 0.05) is 11.9 Å². The fourth-order valence-corrected chi connectivity index (χ4v) is 2.66. The summed E-state index contributed by atoms with van der Waals surface area (Å²) in [7, 11) is 0. The zero-order valence-corrected chi connectivity index (χ0v) is 13.7. The lowest BCUT2D eigenvalue weighted by atomic mass is 10.2. The quantitative estimate of drug-likeness (QED) is 0.394. The summed E-state index contributed by atoms with van der Waals surface area (Å²) in [6.45, 7) is 3.32. The van der Waals surface area contributed by atoms with Crippen LogP contribution in [0.4, 0.5) is 5.13 Å². The minimum Gasteiger partial charge on any atom is -0.458 e. The number of nitrogens with one attached hydrogen (secondary N) is 1. The zero-order valence-electron chi connectivity index (χ0n) is 12.8. The van der Waals surface area contributed by atoms with Gasteiger partial charge in [0.15, 0.2) is 16.9 Å². The molecular weight excluding hydrogens is 298 g/mol. The fourth-order valence-electron chi connectivity index (χ4n) is 1.96. The molecule has 0 aliphatic heterocycles. The number of aliphatic imine (C=N–C) groups is 1. The second kappa shape index (κ2) is 8.55. The number of furan rings is 1. The van der Waals surface area contributed by atoms with Crippen LogP contribution in [0.5, 0.6) is 0 Å². The molecule has 0 aliphatic rings. The summed E-state index contributed by atoms with van der Waals surface area (Å²) in [4.78, 5) is 8.74. The van der Waals surface area contributed by atoms with Gasteiger partial charge >= 0.3 is 0 Å². The summed E-state index contributed by atoms with van der Waals surface area (Å²) in [5, 5.41) is 5.63. The molecule has 0 atom stereocenters. The molecule has 0 fully saturated rings. The van der Waals surface area contributed by atoms with Crippen LogP contribution in [0.1, 0.15) is 38.4 Å². The minimum absolute atomic E-state index is 0.382. The summed E-state index contributed by atoms with van der Waals surface area (Å²) in [6.07, 6.45) is 4.72. The number of thiazole rings is 1. The van der Waals surface area contributed by atoms with Crippen molar-refractivity contribution in [3.8, 4) is 11.5 Å². The molecule has 0 unspecified atom stereocenters. The number of nitrogens with two attached hydrogens (primary N) is 2. The Hall–Kier alpha value is -1.86. The highest BCUT2D eigenvalue weighted by molar-refractivity contribution is 7.14. The number of unbranched alkanes of at least 4 members (excludes halogenated alkanes) is 3. The van der Waals surface area contributed by atoms with Crippen LogP contribution in [0.25, 0.3) is 11.5 Å². The minimum atomic E-state index is 0.382. The van der Waals surface area contributed by atoms with E-state index in [4.69, 9.17) is 15.9 Å². The van der Waals surface area contributed by atoms with E-state index in [1.54, 1.807) is 0 Å². The molecule has 0 radical (unpaired) electrons. The first-order valence-corrected chi connectivity index (χ1v) is 8.42. The van der Waals surface area contributed by atoms with Crippen LogP contribution >= 0.6 is 11.3 Å².